The third kappa shape index (κ3) is 6.52. The fourth-order valence-corrected chi connectivity index (χ4v) is 7.88. The number of rotatable bonds is 7. The molecule has 2 heterocycles. The Labute approximate surface area is 275 Å². The van der Waals surface area contributed by atoms with Gasteiger partial charge in [0.05, 0.1) is 35.6 Å². The van der Waals surface area contributed by atoms with Crippen LogP contribution in [0.15, 0.2) is 86.2 Å². The van der Waals surface area contributed by atoms with Gasteiger partial charge in [-0.1, -0.05) is 51.5 Å². The summed E-state index contributed by atoms with van der Waals surface area (Å²) in [5, 5.41) is 0. The Balaban J connectivity index is 1.54. The fourth-order valence-electron chi connectivity index (χ4n) is 4.44. The number of aromatic nitrogens is 1. The van der Waals surface area contributed by atoms with Crippen molar-refractivity contribution in [3.63, 3.8) is 0 Å². The molecule has 4 aromatic rings. The van der Waals surface area contributed by atoms with E-state index in [1.807, 2.05) is 42.5 Å². The molecule has 6 nitrogen and oxygen atoms in total. The predicted octanol–water partition coefficient (Wildman–Crippen LogP) is 6.49. The maximum absolute atomic E-state index is 13.8. The molecule has 1 aliphatic rings. The van der Waals surface area contributed by atoms with E-state index in [1.54, 1.807) is 26.0 Å². The maximum atomic E-state index is 13.8. The van der Waals surface area contributed by atoms with Gasteiger partial charge in [0.2, 0.25) is 0 Å². The Bertz CT molecular complexity index is 1830. The van der Waals surface area contributed by atoms with Crippen LogP contribution in [0.25, 0.3) is 6.08 Å². The van der Waals surface area contributed by atoms with Gasteiger partial charge in [0.25, 0.3) is 5.56 Å². The van der Waals surface area contributed by atoms with Crippen molar-refractivity contribution in [1.82, 2.24) is 4.57 Å². The Kier molecular flexibility index (Phi) is 9.46. The Morgan fingerprint density at radius 2 is 1.78 bits per heavy atom. The highest BCUT2D eigenvalue weighted by Crippen LogP contribution is 2.32. The van der Waals surface area contributed by atoms with Crippen molar-refractivity contribution in [2.45, 2.75) is 26.5 Å². The average Bonchev–Trinajstić information content (AvgIpc) is 3.23. The summed E-state index contributed by atoms with van der Waals surface area (Å²) >= 11 is 9.16. The lowest BCUT2D eigenvalue weighted by Gasteiger charge is -2.24. The lowest BCUT2D eigenvalue weighted by atomic mass is 9.96. The minimum absolute atomic E-state index is 0.177. The van der Waals surface area contributed by atoms with Crippen molar-refractivity contribution in [3.8, 4) is 5.75 Å². The first-order chi connectivity index (χ1) is 19.7. The first-order valence-corrected chi connectivity index (χ1v) is 16.2. The summed E-state index contributed by atoms with van der Waals surface area (Å²) in [5.74, 6) is -0.188. The first kappa shape index (κ1) is 30.1. The van der Waals surface area contributed by atoms with E-state index >= 15 is 0 Å². The van der Waals surface area contributed by atoms with Crippen LogP contribution >= 0.6 is 72.4 Å². The molecular weight excluding hydrogens is 837 g/mol. The topological polar surface area (TPSA) is 69.9 Å². The number of carbonyl (C=O) groups is 1. The summed E-state index contributed by atoms with van der Waals surface area (Å²) in [6.07, 6.45) is 1.82. The van der Waals surface area contributed by atoms with Crippen LogP contribution in [-0.4, -0.2) is 17.1 Å². The predicted molar refractivity (Wildman–Crippen MR) is 177 cm³/mol. The smallest absolute Gasteiger partial charge is 0.338 e. The monoisotopic (exact) mass is 858 g/mol. The summed E-state index contributed by atoms with van der Waals surface area (Å²) in [7, 11) is 0. The molecule has 3 aromatic carbocycles. The number of thiazole rings is 1. The van der Waals surface area contributed by atoms with Crippen LogP contribution in [0.1, 0.15) is 36.6 Å². The number of allylic oxidation sites excluding steroid dienone is 1. The fraction of sp³-hybridized carbons (Fsp3) is 0.167. The minimum Gasteiger partial charge on any atom is -0.487 e. The van der Waals surface area contributed by atoms with Crippen molar-refractivity contribution in [1.29, 1.82) is 0 Å². The molecule has 0 amide bonds. The van der Waals surface area contributed by atoms with E-state index in [-0.39, 0.29) is 17.7 Å². The molecule has 0 saturated heterocycles. The van der Waals surface area contributed by atoms with Gasteiger partial charge in [0.15, 0.2) is 4.80 Å². The van der Waals surface area contributed by atoms with E-state index in [2.05, 4.69) is 66.1 Å². The summed E-state index contributed by atoms with van der Waals surface area (Å²) in [5.41, 5.74) is 2.90. The van der Waals surface area contributed by atoms with E-state index < -0.39 is 17.8 Å². The molecule has 0 fully saturated rings. The molecule has 0 N–H and O–H groups in total. The number of carbonyl (C=O) groups excluding carboxylic acids is 1. The minimum atomic E-state index is -0.789. The van der Waals surface area contributed by atoms with Crippen LogP contribution < -0.4 is 19.6 Å². The molecule has 0 spiro atoms. The number of hydrogen-bond acceptors (Lipinski definition) is 6. The van der Waals surface area contributed by atoms with Crippen LogP contribution in [0.3, 0.4) is 0 Å². The Hall–Kier alpha value is -2.36. The second-order valence-corrected chi connectivity index (χ2v) is 13.3. The SMILES string of the molecule is CCOC(=O)C1=C(C)N=c2s/c(=C\c3cc(I)c(OCc4ccc(Br)cc4)c(I)c3)c(=O)n2[C@@H]1c1ccc(F)cc1. The number of ether oxygens (including phenoxy) is 2. The quantitative estimate of drug-likeness (QED) is 0.158. The van der Waals surface area contributed by atoms with Gasteiger partial charge in [-0.3, -0.25) is 9.36 Å². The van der Waals surface area contributed by atoms with Crippen LogP contribution in [-0.2, 0) is 16.1 Å². The second-order valence-electron chi connectivity index (χ2n) is 9.08. The average molecular weight is 859 g/mol. The molecule has 1 aromatic heterocycles. The van der Waals surface area contributed by atoms with Gasteiger partial charge < -0.3 is 9.47 Å². The van der Waals surface area contributed by atoms with Crippen molar-refractivity contribution < 1.29 is 18.7 Å². The van der Waals surface area contributed by atoms with Gasteiger partial charge in [0, 0.05) is 4.47 Å². The van der Waals surface area contributed by atoms with Crippen LogP contribution in [0.4, 0.5) is 4.39 Å². The number of halogens is 4. The Morgan fingerprint density at radius 3 is 2.41 bits per heavy atom. The molecule has 0 unspecified atom stereocenters. The van der Waals surface area contributed by atoms with Gasteiger partial charge in [-0.15, -0.1) is 0 Å². The molecule has 1 aliphatic heterocycles. The molecule has 1 atom stereocenters. The number of nitrogens with zero attached hydrogens (tertiary/aromatic N) is 2. The second kappa shape index (κ2) is 12.9. The number of hydrogen-bond donors (Lipinski definition) is 0. The lowest BCUT2D eigenvalue weighted by molar-refractivity contribution is -0.139. The van der Waals surface area contributed by atoms with Crippen LogP contribution in [0.2, 0.25) is 0 Å². The number of fused-ring (bicyclic) bond motifs is 1. The molecule has 0 aliphatic carbocycles. The maximum Gasteiger partial charge on any atom is 0.338 e. The lowest BCUT2D eigenvalue weighted by Crippen LogP contribution is -2.39. The molecule has 5 rings (SSSR count). The normalized spacial score (nSPS) is 15.0. The van der Waals surface area contributed by atoms with Gasteiger partial charge in [-0.2, -0.15) is 0 Å². The molecule has 11 heteroatoms. The molecule has 41 heavy (non-hydrogen) atoms. The van der Waals surface area contributed by atoms with E-state index in [9.17, 15) is 14.0 Å². The van der Waals surface area contributed by atoms with Crippen molar-refractivity contribution in [2.24, 2.45) is 4.99 Å². The molecule has 0 radical (unpaired) electrons. The van der Waals surface area contributed by atoms with Crippen LogP contribution in [0.5, 0.6) is 5.75 Å². The summed E-state index contributed by atoms with van der Waals surface area (Å²) in [4.78, 5) is 31.9. The zero-order valence-corrected chi connectivity index (χ0v) is 28.5. The first-order valence-electron chi connectivity index (χ1n) is 12.5. The van der Waals surface area contributed by atoms with Gasteiger partial charge in [-0.05, 0) is 118 Å². The van der Waals surface area contributed by atoms with E-state index in [0.29, 0.717) is 27.2 Å². The van der Waals surface area contributed by atoms with Crippen LogP contribution in [0, 0.1) is 13.0 Å². The number of benzene rings is 3. The molecular formula is C30H22BrFI2N2O4S. The number of esters is 1. The Morgan fingerprint density at radius 1 is 1.12 bits per heavy atom. The van der Waals surface area contributed by atoms with E-state index in [1.165, 1.54) is 28.0 Å². The van der Waals surface area contributed by atoms with Crippen molar-refractivity contribution in [3.05, 3.63) is 126 Å². The zero-order chi connectivity index (χ0) is 29.3. The van der Waals surface area contributed by atoms with Gasteiger partial charge >= 0.3 is 5.97 Å². The highest BCUT2D eigenvalue weighted by atomic mass is 127. The van der Waals surface area contributed by atoms with Gasteiger partial charge in [0.1, 0.15) is 18.2 Å². The van der Waals surface area contributed by atoms with E-state index in [0.717, 1.165) is 28.5 Å². The summed E-state index contributed by atoms with van der Waals surface area (Å²) in [6, 6.07) is 16.9. The highest BCUT2D eigenvalue weighted by molar-refractivity contribution is 14.1. The third-order valence-electron chi connectivity index (χ3n) is 6.32. The van der Waals surface area contributed by atoms with E-state index in [4.69, 9.17) is 9.47 Å². The zero-order valence-electron chi connectivity index (χ0n) is 21.8. The van der Waals surface area contributed by atoms with Crippen molar-refractivity contribution >= 4 is 84.5 Å². The van der Waals surface area contributed by atoms with Crippen molar-refractivity contribution in [2.75, 3.05) is 6.61 Å². The highest BCUT2D eigenvalue weighted by Gasteiger charge is 2.33. The third-order valence-corrected chi connectivity index (χ3v) is 9.43. The standard InChI is InChI=1S/C30H22BrFI2N2O4S/c1-3-39-29(38)25-16(2)35-30-36(26(25)19-6-10-21(32)11-7-19)28(37)24(41-30)14-18-12-22(33)27(23(34)13-18)40-15-17-4-8-20(31)9-5-17/h4-14,26H,3,15H2,1-2H3/b24-14-/t26-/m1/s1. The largest absolute Gasteiger partial charge is 0.487 e. The molecule has 210 valence electrons. The summed E-state index contributed by atoms with van der Waals surface area (Å²) in [6.45, 7) is 4.05. The summed E-state index contributed by atoms with van der Waals surface area (Å²) < 4.78 is 30.0. The molecule has 0 saturated carbocycles. The molecule has 0 bridgehead atoms. The van der Waals surface area contributed by atoms with Gasteiger partial charge in [-0.25, -0.2) is 14.2 Å².